The van der Waals surface area contributed by atoms with Gasteiger partial charge in [-0.1, -0.05) is 66.7 Å². The van der Waals surface area contributed by atoms with Crippen LogP contribution in [0.3, 0.4) is 0 Å². The van der Waals surface area contributed by atoms with E-state index in [4.69, 9.17) is 0 Å². The summed E-state index contributed by atoms with van der Waals surface area (Å²) in [6, 6.07) is 28.7. The van der Waals surface area contributed by atoms with Crippen LogP contribution in [0.25, 0.3) is 0 Å². The molecule has 4 aromatic rings. The summed E-state index contributed by atoms with van der Waals surface area (Å²) in [4.78, 5) is 28.6. The number of halogens is 2. The first-order valence-electron chi connectivity index (χ1n) is 12.8. The number of nitrogens with zero attached hydrogens (tertiary/aromatic N) is 2. The number of carbonyl (C=O) groups excluding carboxylic acids is 2. The number of hydrogen-bond acceptors (Lipinski definition) is 4. The van der Waals surface area contributed by atoms with Crippen LogP contribution in [-0.4, -0.2) is 44.8 Å². The number of carbonyl (C=O) groups is 2. The van der Waals surface area contributed by atoms with Crippen LogP contribution in [0, 0.1) is 9.39 Å². The Morgan fingerprint density at radius 1 is 0.854 bits per heavy atom. The fraction of sp³-hybridized carbons (Fsp3) is 0.161. The second-order valence-electron chi connectivity index (χ2n) is 9.23. The van der Waals surface area contributed by atoms with Crippen molar-refractivity contribution in [2.24, 2.45) is 0 Å². The van der Waals surface area contributed by atoms with Crippen molar-refractivity contribution in [3.8, 4) is 0 Å². The van der Waals surface area contributed by atoms with E-state index in [1.807, 2.05) is 30.3 Å². The van der Waals surface area contributed by atoms with E-state index in [1.165, 1.54) is 42.3 Å². The van der Waals surface area contributed by atoms with Gasteiger partial charge in [0.1, 0.15) is 18.4 Å². The van der Waals surface area contributed by atoms with Gasteiger partial charge < -0.3 is 10.2 Å². The zero-order chi connectivity index (χ0) is 29.4. The van der Waals surface area contributed by atoms with Crippen LogP contribution < -0.4 is 9.62 Å². The number of amides is 2. The lowest BCUT2D eigenvalue weighted by Crippen LogP contribution is -2.53. The van der Waals surface area contributed by atoms with E-state index in [2.05, 4.69) is 27.9 Å². The van der Waals surface area contributed by atoms with Crippen molar-refractivity contribution in [3.05, 3.63) is 130 Å². The first-order chi connectivity index (χ1) is 19.7. The van der Waals surface area contributed by atoms with Gasteiger partial charge in [0.15, 0.2) is 0 Å². The zero-order valence-corrected chi connectivity index (χ0v) is 25.3. The van der Waals surface area contributed by atoms with Crippen molar-refractivity contribution < 1.29 is 22.4 Å². The van der Waals surface area contributed by atoms with Gasteiger partial charge >= 0.3 is 0 Å². The van der Waals surface area contributed by atoms with Crippen LogP contribution in [0.1, 0.15) is 11.1 Å². The third kappa shape index (κ3) is 7.50. The highest BCUT2D eigenvalue weighted by Gasteiger charge is 2.34. The van der Waals surface area contributed by atoms with Gasteiger partial charge in [-0.25, -0.2) is 12.8 Å². The highest BCUT2D eigenvalue weighted by Crippen LogP contribution is 2.26. The molecule has 41 heavy (non-hydrogen) atoms. The Morgan fingerprint density at radius 3 is 2.05 bits per heavy atom. The highest BCUT2D eigenvalue weighted by atomic mass is 127. The molecule has 0 radical (unpaired) electrons. The molecule has 0 spiro atoms. The van der Waals surface area contributed by atoms with Crippen molar-refractivity contribution >= 4 is 50.1 Å². The Balaban J connectivity index is 1.78. The summed E-state index contributed by atoms with van der Waals surface area (Å²) in [6.07, 6.45) is 0.148. The molecular formula is C31H29FIN3O4S. The van der Waals surface area contributed by atoms with E-state index in [-0.39, 0.29) is 29.1 Å². The average Bonchev–Trinajstić information content (AvgIpc) is 2.99. The highest BCUT2D eigenvalue weighted by molar-refractivity contribution is 14.1. The number of hydrogen-bond donors (Lipinski definition) is 1. The van der Waals surface area contributed by atoms with Gasteiger partial charge in [0.25, 0.3) is 10.0 Å². The molecule has 2 amide bonds. The molecule has 0 bridgehead atoms. The minimum atomic E-state index is -4.18. The molecule has 0 aliphatic rings. The molecule has 0 aromatic heterocycles. The largest absolute Gasteiger partial charge is 0.357 e. The summed E-state index contributed by atoms with van der Waals surface area (Å²) < 4.78 is 44.4. The maximum atomic E-state index is 14.8. The SMILES string of the molecule is CNC(=O)C(Cc1ccccc1)N(Cc1ccccc1F)C(=O)CN(c1ccc(I)cc1)S(=O)(=O)c1ccccc1. The Hall–Kier alpha value is -3.77. The molecule has 0 aliphatic carbocycles. The van der Waals surface area contributed by atoms with Gasteiger partial charge in [-0.05, 0) is 70.6 Å². The van der Waals surface area contributed by atoms with Crippen LogP contribution in [0.5, 0.6) is 0 Å². The molecule has 0 fully saturated rings. The maximum Gasteiger partial charge on any atom is 0.264 e. The lowest BCUT2D eigenvalue weighted by molar-refractivity contribution is -0.139. The summed E-state index contributed by atoms with van der Waals surface area (Å²) in [5.41, 5.74) is 1.28. The third-order valence-corrected chi connectivity index (χ3v) is 9.05. The van der Waals surface area contributed by atoms with Gasteiger partial charge in [0.05, 0.1) is 10.6 Å². The second-order valence-corrected chi connectivity index (χ2v) is 12.3. The Bertz CT molecular complexity index is 1590. The number of rotatable bonds is 11. The number of benzene rings is 4. The normalized spacial score (nSPS) is 11.9. The average molecular weight is 686 g/mol. The van der Waals surface area contributed by atoms with E-state index in [0.717, 1.165) is 13.4 Å². The van der Waals surface area contributed by atoms with E-state index in [1.54, 1.807) is 48.5 Å². The van der Waals surface area contributed by atoms with Gasteiger partial charge in [0, 0.05) is 29.1 Å². The standard InChI is InChI=1S/C31H29FIN3O4S/c1-34-31(38)29(20-23-10-4-2-5-11-23)35(21-24-12-8-9-15-28(24)32)30(37)22-36(26-18-16-25(33)17-19-26)41(39,40)27-13-6-3-7-14-27/h2-19,29H,20-22H2,1H3,(H,34,38). The number of sulfonamides is 1. The molecule has 0 saturated carbocycles. The van der Waals surface area contributed by atoms with Crippen molar-refractivity contribution in [1.82, 2.24) is 10.2 Å². The maximum absolute atomic E-state index is 14.8. The fourth-order valence-electron chi connectivity index (χ4n) is 4.39. The van der Waals surface area contributed by atoms with Crippen LogP contribution in [-0.2, 0) is 32.6 Å². The van der Waals surface area contributed by atoms with Crippen LogP contribution in [0.4, 0.5) is 10.1 Å². The molecule has 7 nitrogen and oxygen atoms in total. The minimum absolute atomic E-state index is 0.0131. The van der Waals surface area contributed by atoms with E-state index >= 15 is 0 Å². The van der Waals surface area contributed by atoms with E-state index < -0.39 is 40.2 Å². The van der Waals surface area contributed by atoms with Gasteiger partial charge in [-0.3, -0.25) is 13.9 Å². The summed E-state index contributed by atoms with van der Waals surface area (Å²) in [5.74, 6) is -1.65. The van der Waals surface area contributed by atoms with Crippen LogP contribution in [0.2, 0.25) is 0 Å². The summed E-state index contributed by atoms with van der Waals surface area (Å²) in [7, 11) is -2.72. The molecule has 212 valence electrons. The molecule has 0 heterocycles. The number of nitrogens with one attached hydrogen (secondary N) is 1. The quantitative estimate of drug-likeness (QED) is 0.225. The number of anilines is 1. The Labute approximate surface area is 253 Å². The molecule has 1 atom stereocenters. The first kappa shape index (κ1) is 30.2. The monoisotopic (exact) mass is 685 g/mol. The molecule has 10 heteroatoms. The van der Waals surface area contributed by atoms with Crippen molar-refractivity contribution in [1.29, 1.82) is 0 Å². The van der Waals surface area contributed by atoms with Gasteiger partial charge in [-0.15, -0.1) is 0 Å². The zero-order valence-electron chi connectivity index (χ0n) is 22.3. The molecular weight excluding hydrogens is 656 g/mol. The Kier molecular flexibility index (Phi) is 10.1. The summed E-state index contributed by atoms with van der Waals surface area (Å²) in [6.45, 7) is -0.836. The van der Waals surface area contributed by atoms with Gasteiger partial charge in [-0.2, -0.15) is 0 Å². The molecule has 1 N–H and O–H groups in total. The molecule has 1 unspecified atom stereocenters. The van der Waals surface area contributed by atoms with Crippen molar-refractivity contribution in [2.45, 2.75) is 23.9 Å². The van der Waals surface area contributed by atoms with E-state index in [9.17, 15) is 22.4 Å². The van der Waals surface area contributed by atoms with Gasteiger partial charge in [0.2, 0.25) is 11.8 Å². The van der Waals surface area contributed by atoms with Crippen LogP contribution >= 0.6 is 22.6 Å². The number of likely N-dealkylation sites (N-methyl/N-ethyl adjacent to an activating group) is 1. The topological polar surface area (TPSA) is 86.8 Å². The van der Waals surface area contributed by atoms with Crippen molar-refractivity contribution in [3.63, 3.8) is 0 Å². The van der Waals surface area contributed by atoms with E-state index in [0.29, 0.717) is 0 Å². The lowest BCUT2D eigenvalue weighted by atomic mass is 10.0. The third-order valence-electron chi connectivity index (χ3n) is 6.54. The van der Waals surface area contributed by atoms with Crippen molar-refractivity contribution in [2.75, 3.05) is 17.9 Å². The summed E-state index contributed by atoms with van der Waals surface area (Å²) >= 11 is 2.11. The molecule has 0 aliphatic heterocycles. The summed E-state index contributed by atoms with van der Waals surface area (Å²) in [5, 5.41) is 2.61. The minimum Gasteiger partial charge on any atom is -0.357 e. The fourth-order valence-corrected chi connectivity index (χ4v) is 6.18. The first-order valence-corrected chi connectivity index (χ1v) is 15.3. The smallest absolute Gasteiger partial charge is 0.264 e. The molecule has 4 aromatic carbocycles. The molecule has 4 rings (SSSR count). The predicted octanol–water partition coefficient (Wildman–Crippen LogP) is 5.01. The predicted molar refractivity (Wildman–Crippen MR) is 165 cm³/mol. The molecule has 0 saturated heterocycles. The lowest BCUT2D eigenvalue weighted by Gasteiger charge is -2.33. The Morgan fingerprint density at radius 2 is 1.44 bits per heavy atom. The van der Waals surface area contributed by atoms with Crippen LogP contribution in [0.15, 0.2) is 114 Å². The second kappa shape index (κ2) is 13.7.